The fraction of sp³-hybridized carbons (Fsp3) is 0.824. The molecule has 1 aromatic heterocycles. The number of hydrogen-bond donors (Lipinski definition) is 2. The van der Waals surface area contributed by atoms with Crippen LogP contribution in [0, 0.1) is 6.92 Å². The van der Waals surface area contributed by atoms with Crippen LogP contribution >= 0.6 is 24.0 Å². The topological polar surface area (TPSA) is 84.6 Å². The molecule has 0 unspecified atom stereocenters. The predicted molar refractivity (Wildman–Crippen MR) is 110 cm³/mol. The van der Waals surface area contributed by atoms with Crippen molar-refractivity contribution in [2.24, 2.45) is 4.99 Å². The van der Waals surface area contributed by atoms with Crippen molar-refractivity contribution in [3.05, 3.63) is 11.7 Å². The number of guanidine groups is 1. The van der Waals surface area contributed by atoms with Gasteiger partial charge in [-0.1, -0.05) is 24.4 Å². The zero-order valence-corrected chi connectivity index (χ0v) is 17.8. The summed E-state index contributed by atoms with van der Waals surface area (Å²) in [6.07, 6.45) is 8.57. The van der Waals surface area contributed by atoms with Gasteiger partial charge in [-0.05, 0) is 33.1 Å². The lowest BCUT2D eigenvalue weighted by Crippen LogP contribution is -2.38. The van der Waals surface area contributed by atoms with Crippen molar-refractivity contribution in [1.29, 1.82) is 0 Å². The molecule has 0 saturated heterocycles. The highest BCUT2D eigenvalue weighted by Crippen LogP contribution is 2.20. The van der Waals surface area contributed by atoms with Gasteiger partial charge in [0.15, 0.2) is 11.8 Å². The molecule has 1 aromatic rings. The Morgan fingerprint density at radius 3 is 2.76 bits per heavy atom. The minimum atomic E-state index is 0. The van der Waals surface area contributed by atoms with E-state index in [4.69, 9.17) is 9.26 Å². The molecule has 1 saturated carbocycles. The van der Waals surface area contributed by atoms with E-state index in [1.807, 2.05) is 6.92 Å². The highest BCUT2D eigenvalue weighted by molar-refractivity contribution is 14.0. The van der Waals surface area contributed by atoms with Crippen molar-refractivity contribution < 1.29 is 9.26 Å². The van der Waals surface area contributed by atoms with E-state index in [9.17, 15) is 0 Å². The third-order valence-corrected chi connectivity index (χ3v) is 4.02. The second-order valence-corrected chi connectivity index (χ2v) is 6.16. The third-order valence-electron chi connectivity index (χ3n) is 4.02. The lowest BCUT2D eigenvalue weighted by Gasteiger charge is -2.21. The summed E-state index contributed by atoms with van der Waals surface area (Å²) in [6, 6.07) is 0. The van der Waals surface area contributed by atoms with Gasteiger partial charge in [0.05, 0.1) is 6.10 Å². The molecule has 7 nitrogen and oxygen atoms in total. The smallest absolute Gasteiger partial charge is 0.228 e. The number of rotatable bonds is 9. The lowest BCUT2D eigenvalue weighted by molar-refractivity contribution is 0.0281. The minimum Gasteiger partial charge on any atom is -0.378 e. The number of halogens is 1. The van der Waals surface area contributed by atoms with Gasteiger partial charge in [-0.2, -0.15) is 4.98 Å². The lowest BCUT2D eigenvalue weighted by atomic mass is 9.98. The molecule has 8 heteroatoms. The van der Waals surface area contributed by atoms with Crippen LogP contribution in [0.4, 0.5) is 0 Å². The largest absolute Gasteiger partial charge is 0.378 e. The molecule has 0 radical (unpaired) electrons. The second kappa shape index (κ2) is 13.3. The van der Waals surface area contributed by atoms with Crippen molar-refractivity contribution in [1.82, 2.24) is 20.8 Å². The normalized spacial score (nSPS) is 15.7. The molecule has 1 heterocycles. The highest BCUT2D eigenvalue weighted by Gasteiger charge is 2.12. The number of aryl methyl sites for hydroxylation is 1. The maximum absolute atomic E-state index is 5.93. The quantitative estimate of drug-likeness (QED) is 0.253. The molecular weight excluding hydrogens is 433 g/mol. The van der Waals surface area contributed by atoms with Crippen molar-refractivity contribution in [3.8, 4) is 0 Å². The Morgan fingerprint density at radius 2 is 2.08 bits per heavy atom. The second-order valence-electron chi connectivity index (χ2n) is 6.16. The first-order chi connectivity index (χ1) is 11.8. The van der Waals surface area contributed by atoms with E-state index < -0.39 is 0 Å². The summed E-state index contributed by atoms with van der Waals surface area (Å²) in [4.78, 5) is 8.77. The van der Waals surface area contributed by atoms with E-state index in [-0.39, 0.29) is 24.0 Å². The molecule has 144 valence electrons. The molecule has 25 heavy (non-hydrogen) atoms. The molecule has 1 fully saturated rings. The van der Waals surface area contributed by atoms with Gasteiger partial charge in [-0.15, -0.1) is 24.0 Å². The first-order valence-corrected chi connectivity index (χ1v) is 9.21. The monoisotopic (exact) mass is 465 g/mol. The molecule has 0 atom stereocenters. The van der Waals surface area contributed by atoms with Gasteiger partial charge in [0.25, 0.3) is 0 Å². The van der Waals surface area contributed by atoms with Gasteiger partial charge in [0, 0.05) is 32.7 Å². The summed E-state index contributed by atoms with van der Waals surface area (Å²) < 4.78 is 11.0. The number of aliphatic imine (C=N–C) groups is 1. The van der Waals surface area contributed by atoms with Crippen LogP contribution < -0.4 is 10.6 Å². The standard InChI is InChI=1S/C17H31N5O2.HI/c1-3-18-17(20-12-10-16-21-14(2)22-24-16)19-11-7-13-23-15-8-5-4-6-9-15;/h15H,3-13H2,1-2H3,(H2,18,19,20);1H. The number of aromatic nitrogens is 2. The molecule has 2 rings (SSSR count). The summed E-state index contributed by atoms with van der Waals surface area (Å²) in [5, 5.41) is 10.3. The van der Waals surface area contributed by atoms with Gasteiger partial charge in [-0.25, -0.2) is 0 Å². The molecule has 0 spiro atoms. The fourth-order valence-electron chi connectivity index (χ4n) is 2.81. The minimum absolute atomic E-state index is 0. The maximum atomic E-state index is 5.93. The first kappa shape index (κ1) is 22.1. The van der Waals surface area contributed by atoms with Crippen LogP contribution in [-0.2, 0) is 11.2 Å². The van der Waals surface area contributed by atoms with Crippen LogP contribution in [0.5, 0.6) is 0 Å². The van der Waals surface area contributed by atoms with E-state index in [0.29, 0.717) is 30.8 Å². The van der Waals surface area contributed by atoms with E-state index in [2.05, 4.69) is 32.7 Å². The number of nitrogens with zero attached hydrogens (tertiary/aromatic N) is 3. The van der Waals surface area contributed by atoms with Crippen LogP contribution in [0.1, 0.15) is 57.2 Å². The Balaban J connectivity index is 0.00000312. The Kier molecular flexibility index (Phi) is 11.8. The van der Waals surface area contributed by atoms with E-state index >= 15 is 0 Å². The van der Waals surface area contributed by atoms with Crippen LogP contribution in [0.25, 0.3) is 0 Å². The summed E-state index contributed by atoms with van der Waals surface area (Å²) in [7, 11) is 0. The maximum Gasteiger partial charge on any atom is 0.228 e. The van der Waals surface area contributed by atoms with Crippen LogP contribution in [-0.4, -0.2) is 48.4 Å². The molecule has 1 aliphatic carbocycles. The molecular formula is C17H32IN5O2. The van der Waals surface area contributed by atoms with Gasteiger partial charge in [-0.3, -0.25) is 4.99 Å². The van der Waals surface area contributed by atoms with Crippen LogP contribution in [0.2, 0.25) is 0 Å². The molecule has 1 aliphatic rings. The van der Waals surface area contributed by atoms with E-state index in [1.165, 1.54) is 32.1 Å². The van der Waals surface area contributed by atoms with E-state index in [1.54, 1.807) is 0 Å². The molecule has 0 aromatic carbocycles. The average Bonchev–Trinajstić information content (AvgIpc) is 3.01. The highest BCUT2D eigenvalue weighted by atomic mass is 127. The average molecular weight is 465 g/mol. The Morgan fingerprint density at radius 1 is 1.28 bits per heavy atom. The van der Waals surface area contributed by atoms with Crippen molar-refractivity contribution in [2.45, 2.75) is 64.9 Å². The summed E-state index contributed by atoms with van der Waals surface area (Å²) in [5.41, 5.74) is 0. The predicted octanol–water partition coefficient (Wildman–Crippen LogP) is 2.83. The Hall–Kier alpha value is -0.900. The fourth-order valence-corrected chi connectivity index (χ4v) is 2.81. The molecule has 2 N–H and O–H groups in total. The summed E-state index contributed by atoms with van der Waals surface area (Å²) >= 11 is 0. The van der Waals surface area contributed by atoms with Crippen molar-refractivity contribution in [3.63, 3.8) is 0 Å². The van der Waals surface area contributed by atoms with Gasteiger partial charge in [0.2, 0.25) is 5.89 Å². The summed E-state index contributed by atoms with van der Waals surface area (Å²) in [5.74, 6) is 2.15. The number of ether oxygens (including phenoxy) is 1. The van der Waals surface area contributed by atoms with Crippen molar-refractivity contribution >= 4 is 29.9 Å². The third kappa shape index (κ3) is 9.39. The van der Waals surface area contributed by atoms with Crippen LogP contribution in [0.3, 0.4) is 0 Å². The Bertz CT molecular complexity index is 489. The van der Waals surface area contributed by atoms with Gasteiger partial charge < -0.3 is 19.9 Å². The van der Waals surface area contributed by atoms with Crippen LogP contribution in [0.15, 0.2) is 9.52 Å². The molecule has 0 bridgehead atoms. The number of nitrogens with one attached hydrogen (secondary N) is 2. The first-order valence-electron chi connectivity index (χ1n) is 9.21. The zero-order chi connectivity index (χ0) is 17.0. The van der Waals surface area contributed by atoms with E-state index in [0.717, 1.165) is 32.1 Å². The molecule has 0 aliphatic heterocycles. The number of hydrogen-bond acceptors (Lipinski definition) is 5. The van der Waals surface area contributed by atoms with Gasteiger partial charge in [0.1, 0.15) is 0 Å². The summed E-state index contributed by atoms with van der Waals surface area (Å²) in [6.45, 7) is 7.00. The van der Waals surface area contributed by atoms with Gasteiger partial charge >= 0.3 is 0 Å². The molecule has 0 amide bonds. The van der Waals surface area contributed by atoms with Crippen molar-refractivity contribution in [2.75, 3.05) is 26.2 Å². The zero-order valence-electron chi connectivity index (χ0n) is 15.4. The Labute approximate surface area is 167 Å². The SMILES string of the molecule is CCNC(=NCCCOC1CCCCC1)NCCc1nc(C)no1.I.